The molecule has 0 unspecified atom stereocenters. The van der Waals surface area contributed by atoms with Crippen molar-refractivity contribution in [1.82, 2.24) is 9.88 Å². The molecular weight excluding hydrogens is 262 g/mol. The van der Waals surface area contributed by atoms with E-state index in [4.69, 9.17) is 0 Å². The fourth-order valence-corrected chi connectivity index (χ4v) is 2.92. The maximum absolute atomic E-state index is 12.5. The molecule has 21 heavy (non-hydrogen) atoms. The van der Waals surface area contributed by atoms with Crippen LogP contribution in [0.5, 0.6) is 0 Å². The van der Waals surface area contributed by atoms with Gasteiger partial charge in [0.05, 0.1) is 17.2 Å². The molecule has 3 rings (SSSR count). The van der Waals surface area contributed by atoms with E-state index in [9.17, 15) is 4.79 Å². The van der Waals surface area contributed by atoms with E-state index in [1.165, 1.54) is 19.3 Å². The normalized spacial score (nSPS) is 17.6. The summed E-state index contributed by atoms with van der Waals surface area (Å²) in [5.41, 5.74) is 1.75. The molecule has 1 atom stereocenters. The number of anilines is 1. The molecule has 4 nitrogen and oxygen atoms in total. The van der Waals surface area contributed by atoms with Gasteiger partial charge in [0.2, 0.25) is 5.91 Å². The number of hydrogen-bond donors (Lipinski definition) is 1. The summed E-state index contributed by atoms with van der Waals surface area (Å²) in [6.07, 6.45) is 5.43. The van der Waals surface area contributed by atoms with Crippen molar-refractivity contribution in [2.75, 3.05) is 18.4 Å². The number of nitrogens with zero attached hydrogens (tertiary/aromatic N) is 2. The van der Waals surface area contributed by atoms with Crippen molar-refractivity contribution < 1.29 is 4.79 Å². The fraction of sp³-hybridized carbons (Fsp3) is 0.412. The van der Waals surface area contributed by atoms with Gasteiger partial charge < -0.3 is 5.32 Å². The first-order chi connectivity index (χ1) is 10.3. The number of nitrogens with one attached hydrogen (secondary N) is 1. The van der Waals surface area contributed by atoms with Crippen molar-refractivity contribution in [1.29, 1.82) is 0 Å². The summed E-state index contributed by atoms with van der Waals surface area (Å²) in [5, 5.41) is 4.05. The zero-order valence-electron chi connectivity index (χ0n) is 12.4. The number of amides is 1. The van der Waals surface area contributed by atoms with Crippen LogP contribution >= 0.6 is 0 Å². The largest absolute Gasteiger partial charge is 0.324 e. The van der Waals surface area contributed by atoms with E-state index in [1.807, 2.05) is 37.3 Å². The number of likely N-dealkylation sites (tertiary alicyclic amines) is 1. The van der Waals surface area contributed by atoms with E-state index in [-0.39, 0.29) is 11.9 Å². The quantitative estimate of drug-likeness (QED) is 0.941. The van der Waals surface area contributed by atoms with Crippen LogP contribution in [0, 0.1) is 0 Å². The molecular formula is C17H21N3O. The first kappa shape index (κ1) is 14.0. The van der Waals surface area contributed by atoms with Gasteiger partial charge in [-0.15, -0.1) is 0 Å². The fourth-order valence-electron chi connectivity index (χ4n) is 2.92. The van der Waals surface area contributed by atoms with E-state index in [0.29, 0.717) is 0 Å². The Morgan fingerprint density at radius 1 is 1.19 bits per heavy atom. The molecule has 2 aromatic rings. The second-order valence-electron chi connectivity index (χ2n) is 5.64. The van der Waals surface area contributed by atoms with Gasteiger partial charge in [0.15, 0.2) is 0 Å². The third kappa shape index (κ3) is 3.05. The second-order valence-corrected chi connectivity index (χ2v) is 5.64. The number of carbonyl (C=O) groups excluding carboxylic acids is 1. The third-order valence-corrected chi connectivity index (χ3v) is 4.22. The predicted octanol–water partition coefficient (Wildman–Crippen LogP) is 3.05. The van der Waals surface area contributed by atoms with Crippen LogP contribution < -0.4 is 5.32 Å². The average molecular weight is 283 g/mol. The maximum atomic E-state index is 12.5. The Morgan fingerprint density at radius 3 is 2.81 bits per heavy atom. The lowest BCUT2D eigenvalue weighted by Crippen LogP contribution is -2.44. The summed E-state index contributed by atoms with van der Waals surface area (Å²) < 4.78 is 0. The standard InChI is InChI=1S/C17H21N3O/c1-13(20-11-3-2-4-12-20)17(21)19-16-9-5-8-15-14(16)7-6-10-18-15/h5-10,13H,2-4,11-12H2,1H3,(H,19,21)/t13-/m1/s1. The highest BCUT2D eigenvalue weighted by Crippen LogP contribution is 2.22. The number of rotatable bonds is 3. The van der Waals surface area contributed by atoms with Gasteiger partial charge in [-0.1, -0.05) is 12.5 Å². The van der Waals surface area contributed by atoms with Crippen LogP contribution in [0.15, 0.2) is 36.5 Å². The van der Waals surface area contributed by atoms with Gasteiger partial charge in [0.25, 0.3) is 0 Å². The van der Waals surface area contributed by atoms with Crippen LogP contribution in [0.1, 0.15) is 26.2 Å². The van der Waals surface area contributed by atoms with E-state index in [2.05, 4.69) is 15.2 Å². The van der Waals surface area contributed by atoms with Gasteiger partial charge in [0, 0.05) is 11.6 Å². The van der Waals surface area contributed by atoms with E-state index in [1.54, 1.807) is 6.20 Å². The molecule has 1 saturated heterocycles. The highest BCUT2D eigenvalue weighted by molar-refractivity contribution is 6.02. The number of hydrogen-bond acceptors (Lipinski definition) is 3. The van der Waals surface area contributed by atoms with Crippen LogP contribution in [0.3, 0.4) is 0 Å². The molecule has 0 bridgehead atoms. The Labute approximate surface area is 125 Å². The van der Waals surface area contributed by atoms with Crippen molar-refractivity contribution in [3.8, 4) is 0 Å². The van der Waals surface area contributed by atoms with Crippen molar-refractivity contribution in [3.05, 3.63) is 36.5 Å². The monoisotopic (exact) mass is 283 g/mol. The van der Waals surface area contributed by atoms with E-state index in [0.717, 1.165) is 29.7 Å². The summed E-state index contributed by atoms with van der Waals surface area (Å²) in [4.78, 5) is 19.1. The van der Waals surface area contributed by atoms with Crippen LogP contribution in [0.25, 0.3) is 10.9 Å². The molecule has 1 aromatic heterocycles. The topological polar surface area (TPSA) is 45.2 Å². The minimum atomic E-state index is -0.0859. The molecule has 1 N–H and O–H groups in total. The highest BCUT2D eigenvalue weighted by atomic mass is 16.2. The van der Waals surface area contributed by atoms with Gasteiger partial charge >= 0.3 is 0 Å². The number of fused-ring (bicyclic) bond motifs is 1. The second kappa shape index (κ2) is 6.22. The van der Waals surface area contributed by atoms with Crippen molar-refractivity contribution in [2.24, 2.45) is 0 Å². The Kier molecular flexibility index (Phi) is 4.15. The SMILES string of the molecule is C[C@H](C(=O)Nc1cccc2ncccc12)N1CCCCC1. The van der Waals surface area contributed by atoms with Gasteiger partial charge in [-0.3, -0.25) is 14.7 Å². The Morgan fingerprint density at radius 2 is 2.00 bits per heavy atom. The van der Waals surface area contributed by atoms with Crippen molar-refractivity contribution >= 4 is 22.5 Å². The first-order valence-corrected chi connectivity index (χ1v) is 7.64. The zero-order valence-corrected chi connectivity index (χ0v) is 12.4. The van der Waals surface area contributed by atoms with Crippen LogP contribution in [-0.2, 0) is 4.79 Å². The molecule has 1 amide bonds. The van der Waals surface area contributed by atoms with Gasteiger partial charge in [0.1, 0.15) is 0 Å². The summed E-state index contributed by atoms with van der Waals surface area (Å²) in [5.74, 6) is 0.0632. The minimum absolute atomic E-state index is 0.0632. The molecule has 0 spiro atoms. The van der Waals surface area contributed by atoms with Crippen LogP contribution in [0.4, 0.5) is 5.69 Å². The molecule has 1 fully saturated rings. The predicted molar refractivity (Wildman–Crippen MR) is 85.3 cm³/mol. The Bertz CT molecular complexity index is 629. The summed E-state index contributed by atoms with van der Waals surface area (Å²) in [6.45, 7) is 4.03. The number of benzene rings is 1. The first-order valence-electron chi connectivity index (χ1n) is 7.64. The molecule has 110 valence electrons. The van der Waals surface area contributed by atoms with Crippen LogP contribution in [0.2, 0.25) is 0 Å². The lowest BCUT2D eigenvalue weighted by molar-refractivity contribution is -0.121. The third-order valence-electron chi connectivity index (χ3n) is 4.22. The molecule has 1 aliphatic rings. The van der Waals surface area contributed by atoms with Gasteiger partial charge in [-0.2, -0.15) is 0 Å². The molecule has 1 aliphatic heterocycles. The number of piperidine rings is 1. The summed E-state index contributed by atoms with van der Waals surface area (Å²) in [7, 11) is 0. The zero-order chi connectivity index (χ0) is 14.7. The summed E-state index contributed by atoms with van der Waals surface area (Å²) in [6, 6.07) is 9.62. The Hall–Kier alpha value is -1.94. The van der Waals surface area contributed by atoms with E-state index >= 15 is 0 Å². The number of aromatic nitrogens is 1. The minimum Gasteiger partial charge on any atom is -0.324 e. The molecule has 0 aliphatic carbocycles. The number of carbonyl (C=O) groups is 1. The van der Waals surface area contributed by atoms with Crippen molar-refractivity contribution in [3.63, 3.8) is 0 Å². The molecule has 1 aromatic carbocycles. The highest BCUT2D eigenvalue weighted by Gasteiger charge is 2.23. The van der Waals surface area contributed by atoms with Gasteiger partial charge in [-0.05, 0) is 57.1 Å². The smallest absolute Gasteiger partial charge is 0.241 e. The Balaban J connectivity index is 1.76. The molecule has 0 radical (unpaired) electrons. The van der Waals surface area contributed by atoms with Crippen molar-refractivity contribution in [2.45, 2.75) is 32.2 Å². The van der Waals surface area contributed by atoms with Gasteiger partial charge in [-0.25, -0.2) is 0 Å². The number of pyridine rings is 1. The molecule has 2 heterocycles. The van der Waals surface area contributed by atoms with Crippen LogP contribution in [-0.4, -0.2) is 34.9 Å². The molecule has 4 heteroatoms. The maximum Gasteiger partial charge on any atom is 0.241 e. The lowest BCUT2D eigenvalue weighted by Gasteiger charge is -2.31. The average Bonchev–Trinajstić information content (AvgIpc) is 2.55. The van der Waals surface area contributed by atoms with E-state index < -0.39 is 0 Å². The summed E-state index contributed by atoms with van der Waals surface area (Å²) >= 11 is 0. The lowest BCUT2D eigenvalue weighted by atomic mass is 10.1. The molecule has 0 saturated carbocycles.